The molecule has 1 aromatic rings. The van der Waals surface area contributed by atoms with Gasteiger partial charge in [-0.05, 0) is 90.8 Å². The molecule has 5 aliphatic rings. The molecule has 5 aliphatic heterocycles. The fraction of sp³-hybridized carbons (Fsp3) is 0.821. The maximum atomic E-state index is 14.3. The van der Waals surface area contributed by atoms with Crippen molar-refractivity contribution >= 4 is 35.3 Å². The van der Waals surface area contributed by atoms with E-state index in [-0.39, 0.29) is 75.7 Å². The first-order chi connectivity index (χ1) is 37.5. The van der Waals surface area contributed by atoms with Gasteiger partial charge < -0.3 is 89.8 Å². The number of cyclic esters (lactones) is 2. The molecule has 9 unspecified atom stereocenters. The average molecular weight is 1140 g/mol. The molecule has 0 aliphatic carbocycles. The Balaban J connectivity index is 0.000000461. The van der Waals surface area contributed by atoms with Gasteiger partial charge >= 0.3 is 18.0 Å². The minimum atomic E-state index is -1.95. The van der Waals surface area contributed by atoms with Gasteiger partial charge in [-0.2, -0.15) is 0 Å². The lowest BCUT2D eigenvalue weighted by atomic mass is 9.72. The summed E-state index contributed by atoms with van der Waals surface area (Å²) in [6.07, 6.45) is -10.5. The van der Waals surface area contributed by atoms with Crippen LogP contribution in [-0.2, 0) is 52.3 Å². The minimum Gasteiger partial charge on any atom is -0.481 e. The molecule has 6 rings (SSSR count). The number of aliphatic carboxylic acids is 1. The Labute approximate surface area is 470 Å². The van der Waals surface area contributed by atoms with E-state index < -0.39 is 126 Å². The first-order valence-corrected chi connectivity index (χ1v) is 28.4. The van der Waals surface area contributed by atoms with Gasteiger partial charge in [0.15, 0.2) is 12.6 Å². The number of halogens is 1. The van der Waals surface area contributed by atoms with E-state index in [9.17, 15) is 49.1 Å². The molecule has 20 atom stereocenters. The molecular weight excluding hydrogens is 1050 g/mol. The highest BCUT2D eigenvalue weighted by molar-refractivity contribution is 5.90. The number of nitrogens with zero attached hydrogens (tertiary/aromatic N) is 2. The largest absolute Gasteiger partial charge is 0.481 e. The fourth-order valence-corrected chi connectivity index (χ4v) is 12.1. The Kier molecular flexibility index (Phi) is 24.3. The Morgan fingerprint density at radius 1 is 0.887 bits per heavy atom. The monoisotopic (exact) mass is 1140 g/mol. The molecular formula is C56H94FN5O18. The van der Waals surface area contributed by atoms with E-state index in [1.54, 1.807) is 60.6 Å². The lowest BCUT2D eigenvalue weighted by Gasteiger charge is -2.49. The Bertz CT molecular complexity index is 2180. The standard InChI is InChI=1S/C42H76N2O15.C14H18FN3O3/c1-13-28-42(11,53)35(49)24(5)32(44-17-16-43-29(45)14-15-30(46)47)22(3)19-40(9,52)37(59-39-33(48)21(2)18-23(4)55-39)25(6)34(26(7)38(51)57-28)58-31-20-41(10,54-12)36(50)27(8)56-31;15-12-7-10(18-9-11(8-16)21-14(18)19)1-2-13(12)17-3-5-20-6-4-17/h21-28,31-37,39,44,48-50,52-53H,13-20H2,1-12H3,(H,43,45)(H,46,47);1-2,7,11H,3-6,8-9,16H2/t21?,22-,23?,24+,25?,26-,27?,28-,31?,32+,33?,34+,35-,36?,37-,39?,40-,41?,42-;11-/m10/s1. The summed E-state index contributed by atoms with van der Waals surface area (Å²) in [5, 5.41) is 74.0. The maximum Gasteiger partial charge on any atom is 0.414 e. The number of nitrogens with one attached hydrogen (secondary N) is 2. The molecule has 0 saturated carbocycles. The molecule has 458 valence electrons. The first-order valence-electron chi connectivity index (χ1n) is 28.4. The lowest BCUT2D eigenvalue weighted by Crippen LogP contribution is -2.61. The molecule has 0 spiro atoms. The van der Waals surface area contributed by atoms with Crippen molar-refractivity contribution in [2.45, 2.75) is 205 Å². The van der Waals surface area contributed by atoms with Crippen LogP contribution < -0.4 is 26.2 Å². The number of hydrogen-bond acceptors (Lipinski definition) is 20. The number of aliphatic hydroxyl groups is 5. The van der Waals surface area contributed by atoms with E-state index in [0.717, 1.165) is 0 Å². The van der Waals surface area contributed by atoms with Crippen molar-refractivity contribution in [2.75, 3.05) is 69.4 Å². The zero-order chi connectivity index (χ0) is 59.6. The molecule has 5 fully saturated rings. The molecule has 5 heterocycles. The van der Waals surface area contributed by atoms with E-state index in [1.165, 1.54) is 25.0 Å². The van der Waals surface area contributed by atoms with E-state index in [0.29, 0.717) is 50.6 Å². The summed E-state index contributed by atoms with van der Waals surface area (Å²) in [7, 11) is 1.48. The van der Waals surface area contributed by atoms with Gasteiger partial charge in [0.25, 0.3) is 0 Å². The van der Waals surface area contributed by atoms with Crippen LogP contribution in [-0.4, -0.2) is 205 Å². The number of hydrogen-bond donors (Lipinski definition) is 9. The molecule has 1 aromatic carbocycles. The highest BCUT2D eigenvalue weighted by Crippen LogP contribution is 2.42. The quantitative estimate of drug-likeness (QED) is 0.0849. The fourth-order valence-electron chi connectivity index (χ4n) is 12.1. The zero-order valence-electron chi connectivity index (χ0n) is 48.9. The number of aliphatic hydroxyl groups excluding tert-OH is 3. The van der Waals surface area contributed by atoms with Gasteiger partial charge in [0, 0.05) is 70.6 Å². The van der Waals surface area contributed by atoms with Crippen molar-refractivity contribution in [1.29, 1.82) is 0 Å². The van der Waals surface area contributed by atoms with Crippen molar-refractivity contribution in [3.8, 4) is 0 Å². The number of carbonyl (C=O) groups is 4. The second-order valence-electron chi connectivity index (χ2n) is 23.5. The number of carboxylic acids is 1. The van der Waals surface area contributed by atoms with Crippen LogP contribution in [0.1, 0.15) is 115 Å². The smallest absolute Gasteiger partial charge is 0.414 e. The summed E-state index contributed by atoms with van der Waals surface area (Å²) in [4.78, 5) is 52.6. The van der Waals surface area contributed by atoms with Gasteiger partial charge in [-0.1, -0.05) is 34.6 Å². The molecule has 24 heteroatoms. The van der Waals surface area contributed by atoms with Crippen LogP contribution >= 0.6 is 0 Å². The average Bonchev–Trinajstić information content (AvgIpc) is 3.81. The van der Waals surface area contributed by atoms with Crippen LogP contribution in [0.5, 0.6) is 0 Å². The van der Waals surface area contributed by atoms with Gasteiger partial charge in [0.1, 0.15) is 35.8 Å². The van der Waals surface area contributed by atoms with Gasteiger partial charge in [-0.25, -0.2) is 9.18 Å². The van der Waals surface area contributed by atoms with Crippen molar-refractivity contribution in [1.82, 2.24) is 10.6 Å². The maximum absolute atomic E-state index is 14.3. The van der Waals surface area contributed by atoms with Crippen LogP contribution in [0.4, 0.5) is 20.6 Å². The number of amides is 2. The Morgan fingerprint density at radius 2 is 1.56 bits per heavy atom. The van der Waals surface area contributed by atoms with Gasteiger partial charge in [0.2, 0.25) is 5.91 Å². The second-order valence-corrected chi connectivity index (χ2v) is 23.5. The number of ether oxygens (including phenoxy) is 8. The molecule has 0 bridgehead atoms. The molecule has 23 nitrogen and oxygen atoms in total. The van der Waals surface area contributed by atoms with E-state index in [4.69, 9.17) is 48.7 Å². The molecule has 2 amide bonds. The summed E-state index contributed by atoms with van der Waals surface area (Å²) in [6.45, 7) is 22.4. The van der Waals surface area contributed by atoms with Crippen LogP contribution in [0.3, 0.4) is 0 Å². The number of nitrogens with two attached hydrogens (primary N) is 1. The predicted octanol–water partition coefficient (Wildman–Crippen LogP) is 2.81. The number of morpholine rings is 1. The number of methoxy groups -OCH3 is 1. The van der Waals surface area contributed by atoms with Crippen molar-refractivity contribution in [3.05, 3.63) is 24.0 Å². The third kappa shape index (κ3) is 16.7. The minimum absolute atomic E-state index is 0.0332. The first kappa shape index (κ1) is 66.9. The number of anilines is 2. The number of carbonyl (C=O) groups excluding carboxylic acids is 3. The summed E-state index contributed by atoms with van der Waals surface area (Å²) in [6, 6.07) is 4.17. The van der Waals surface area contributed by atoms with Crippen LogP contribution in [0.2, 0.25) is 0 Å². The highest BCUT2D eigenvalue weighted by Gasteiger charge is 2.53. The topological polar surface area (TPSA) is 320 Å². The Hall–Kier alpha value is -3.89. The third-order valence-corrected chi connectivity index (χ3v) is 16.9. The van der Waals surface area contributed by atoms with Crippen LogP contribution in [0.25, 0.3) is 0 Å². The molecule has 10 N–H and O–H groups in total. The van der Waals surface area contributed by atoms with Gasteiger partial charge in [-0.15, -0.1) is 0 Å². The van der Waals surface area contributed by atoms with Crippen LogP contribution in [0.15, 0.2) is 18.2 Å². The van der Waals surface area contributed by atoms with Crippen molar-refractivity contribution in [2.24, 2.45) is 35.3 Å². The summed E-state index contributed by atoms with van der Waals surface area (Å²) in [5.74, 6) is -5.91. The second kappa shape index (κ2) is 29.1. The number of carboxylic acid groups (broad SMARTS) is 1. The molecule has 0 aromatic heterocycles. The number of benzene rings is 1. The van der Waals surface area contributed by atoms with Crippen LogP contribution in [0, 0.1) is 35.4 Å². The third-order valence-electron chi connectivity index (χ3n) is 16.9. The zero-order valence-corrected chi connectivity index (χ0v) is 48.9. The number of esters is 1. The van der Waals surface area contributed by atoms with E-state index in [2.05, 4.69) is 10.6 Å². The van der Waals surface area contributed by atoms with Gasteiger partial charge in [-0.3, -0.25) is 19.3 Å². The van der Waals surface area contributed by atoms with E-state index in [1.807, 2.05) is 25.7 Å². The molecule has 5 saturated heterocycles. The normalized spacial score (nSPS) is 39.5. The van der Waals surface area contributed by atoms with E-state index >= 15 is 0 Å². The van der Waals surface area contributed by atoms with Gasteiger partial charge in [0.05, 0.1) is 85.2 Å². The lowest BCUT2D eigenvalue weighted by molar-refractivity contribution is -0.318. The SMILES string of the molecule is CC[C@H]1OC(=O)[C@H](C)[C@@H](OC2CC(C)(OC)C(O)C(C)O2)C(C)[C@@H](OC2OC(C)CC(C)C2O)[C@](C)(O)C[C@@H](C)[C@H](NCCNC(=O)CCC(=O)O)[C@H](C)[C@@H](O)[C@]1(C)O.NC[C@H]1CN(c2ccc(N3CCOCC3)c(F)c2)C(=O)O1. The summed E-state index contributed by atoms with van der Waals surface area (Å²) in [5.41, 5.74) is 1.77. The summed E-state index contributed by atoms with van der Waals surface area (Å²) < 4.78 is 62.1. The van der Waals surface area contributed by atoms with Crippen molar-refractivity contribution in [3.63, 3.8) is 0 Å². The predicted molar refractivity (Wildman–Crippen MR) is 291 cm³/mol. The highest BCUT2D eigenvalue weighted by atomic mass is 19.1. The molecule has 80 heavy (non-hydrogen) atoms. The number of rotatable bonds is 16. The molecule has 0 radical (unpaired) electrons. The Morgan fingerprint density at radius 3 is 2.16 bits per heavy atom. The summed E-state index contributed by atoms with van der Waals surface area (Å²) >= 11 is 0. The van der Waals surface area contributed by atoms with Crippen molar-refractivity contribution < 1.29 is 92.1 Å².